The molecule has 0 fully saturated rings. The van der Waals surface area contributed by atoms with Crippen molar-refractivity contribution in [3.63, 3.8) is 0 Å². The zero-order chi connectivity index (χ0) is 7.71. The number of rotatable bonds is 1. The molecule has 0 atom stereocenters. The first-order valence-electron chi connectivity index (χ1n) is 1.51. The third-order valence-electron chi connectivity index (χ3n) is 0.211. The number of hydrogen-bond acceptors (Lipinski definition) is 3. The summed E-state index contributed by atoms with van der Waals surface area (Å²) in [7, 11) is -4.18. The van der Waals surface area contributed by atoms with Crippen molar-refractivity contribution in [2.24, 2.45) is 5.14 Å². The SMILES string of the molecule is NS(=O)(=O)OC(Cl)(Cl)Cl. The zero-order valence-electron chi connectivity index (χ0n) is 3.84. The predicted molar refractivity (Wildman–Crippen MR) is 34.5 cm³/mol. The molecule has 0 heterocycles. The molecule has 4 nitrogen and oxygen atoms in total. The molecule has 0 spiro atoms. The molecule has 0 bridgehead atoms. The van der Waals surface area contributed by atoms with Gasteiger partial charge in [0.05, 0.1) is 0 Å². The maximum Gasteiger partial charge on any atom is 0.337 e. The van der Waals surface area contributed by atoms with Crippen LogP contribution in [-0.4, -0.2) is 12.4 Å². The zero-order valence-corrected chi connectivity index (χ0v) is 6.93. The highest BCUT2D eigenvalue weighted by Crippen LogP contribution is 2.28. The van der Waals surface area contributed by atoms with Gasteiger partial charge >= 0.3 is 14.3 Å². The normalized spacial score (nSPS) is 13.8. The molecule has 0 saturated carbocycles. The molecule has 0 radical (unpaired) electrons. The van der Waals surface area contributed by atoms with Crippen molar-refractivity contribution in [2.45, 2.75) is 3.98 Å². The molecule has 0 amide bonds. The van der Waals surface area contributed by atoms with Crippen LogP contribution in [0.1, 0.15) is 0 Å². The van der Waals surface area contributed by atoms with Crippen LogP contribution in [-0.2, 0) is 14.5 Å². The summed E-state index contributed by atoms with van der Waals surface area (Å²) in [6.07, 6.45) is 0. The average molecular weight is 214 g/mol. The van der Waals surface area contributed by atoms with E-state index in [1.807, 2.05) is 0 Å². The van der Waals surface area contributed by atoms with E-state index in [4.69, 9.17) is 34.8 Å². The lowest BCUT2D eigenvalue weighted by molar-refractivity contribution is 0.321. The van der Waals surface area contributed by atoms with Crippen molar-refractivity contribution in [3.05, 3.63) is 0 Å². The van der Waals surface area contributed by atoms with Gasteiger partial charge in [0.15, 0.2) is 0 Å². The minimum atomic E-state index is -4.18. The summed E-state index contributed by atoms with van der Waals surface area (Å²) in [6.45, 7) is 0. The first-order chi connectivity index (χ1) is 3.71. The van der Waals surface area contributed by atoms with Crippen LogP contribution in [0, 0.1) is 0 Å². The Balaban J connectivity index is 4.07. The summed E-state index contributed by atoms with van der Waals surface area (Å²) in [5.74, 6) is 0. The Bertz CT molecular complexity index is 180. The Morgan fingerprint density at radius 3 is 1.67 bits per heavy atom. The van der Waals surface area contributed by atoms with Gasteiger partial charge in [-0.15, -0.1) is 0 Å². The number of alkyl halides is 3. The molecule has 0 aliphatic heterocycles. The molecule has 2 N–H and O–H groups in total. The van der Waals surface area contributed by atoms with Crippen LogP contribution in [0.25, 0.3) is 0 Å². The van der Waals surface area contributed by atoms with Crippen LogP contribution in [0.4, 0.5) is 0 Å². The summed E-state index contributed by atoms with van der Waals surface area (Å²) in [5.41, 5.74) is 0. The maximum absolute atomic E-state index is 9.95. The Labute approximate surface area is 67.1 Å². The summed E-state index contributed by atoms with van der Waals surface area (Å²) in [6, 6.07) is 0. The second-order valence-corrected chi connectivity index (χ2v) is 4.35. The lowest BCUT2D eigenvalue weighted by Gasteiger charge is -2.07. The van der Waals surface area contributed by atoms with Crippen LogP contribution < -0.4 is 5.14 Å². The minimum Gasteiger partial charge on any atom is -0.205 e. The lowest BCUT2D eigenvalue weighted by Crippen LogP contribution is -2.23. The van der Waals surface area contributed by atoms with Gasteiger partial charge in [-0.2, -0.15) is 8.42 Å². The van der Waals surface area contributed by atoms with Gasteiger partial charge in [-0.1, -0.05) is 34.8 Å². The number of halogens is 3. The van der Waals surface area contributed by atoms with E-state index >= 15 is 0 Å². The van der Waals surface area contributed by atoms with Gasteiger partial charge in [0.25, 0.3) is 0 Å². The first-order valence-corrected chi connectivity index (χ1v) is 4.11. The van der Waals surface area contributed by atoms with Gasteiger partial charge in [-0.25, -0.2) is 9.32 Å². The van der Waals surface area contributed by atoms with Gasteiger partial charge in [0.2, 0.25) is 0 Å². The Morgan fingerprint density at radius 1 is 1.33 bits per heavy atom. The van der Waals surface area contributed by atoms with E-state index in [1.54, 1.807) is 0 Å². The van der Waals surface area contributed by atoms with Crippen LogP contribution >= 0.6 is 34.8 Å². The molecule has 0 aromatic heterocycles. The van der Waals surface area contributed by atoms with Crippen molar-refractivity contribution in [1.82, 2.24) is 0 Å². The molecule has 0 unspecified atom stereocenters. The van der Waals surface area contributed by atoms with Gasteiger partial charge < -0.3 is 0 Å². The van der Waals surface area contributed by atoms with Crippen LogP contribution in [0.2, 0.25) is 0 Å². The Hall–Kier alpha value is 0.740. The standard InChI is InChI=1S/CH2Cl3NO3S/c2-1(3,4)8-9(5,6)7/h(H2,5,6,7). The molecule has 8 heteroatoms. The molecule has 0 aliphatic carbocycles. The first kappa shape index (κ1) is 9.74. The van der Waals surface area contributed by atoms with E-state index in [-0.39, 0.29) is 0 Å². The van der Waals surface area contributed by atoms with E-state index in [0.29, 0.717) is 0 Å². The van der Waals surface area contributed by atoms with Crippen molar-refractivity contribution >= 4 is 45.1 Å². The molecule has 9 heavy (non-hydrogen) atoms. The third-order valence-corrected chi connectivity index (χ3v) is 1.20. The van der Waals surface area contributed by atoms with Gasteiger partial charge in [0, 0.05) is 0 Å². The Kier molecular flexibility index (Phi) is 3.00. The fourth-order valence-corrected chi connectivity index (χ4v) is 1.19. The predicted octanol–water partition coefficient (Wildman–Crippen LogP) is 0.534. The summed E-state index contributed by atoms with van der Waals surface area (Å²) < 4.78 is 21.3. The smallest absolute Gasteiger partial charge is 0.205 e. The highest BCUT2D eigenvalue weighted by molar-refractivity contribution is 7.84. The topological polar surface area (TPSA) is 69.4 Å². The average Bonchev–Trinajstić information content (AvgIpc) is 1.14. The van der Waals surface area contributed by atoms with E-state index < -0.39 is 14.3 Å². The molecular weight excluding hydrogens is 212 g/mol. The summed E-state index contributed by atoms with van der Waals surface area (Å²) in [4.78, 5) is 0. The molecule has 0 aromatic carbocycles. The van der Waals surface area contributed by atoms with Crippen molar-refractivity contribution < 1.29 is 12.6 Å². The van der Waals surface area contributed by atoms with Crippen LogP contribution in [0.15, 0.2) is 0 Å². The second kappa shape index (κ2) is 2.77. The molecule has 0 aliphatic rings. The van der Waals surface area contributed by atoms with Gasteiger partial charge in [-0.05, 0) is 0 Å². The van der Waals surface area contributed by atoms with Crippen molar-refractivity contribution in [3.8, 4) is 0 Å². The largest absolute Gasteiger partial charge is 0.337 e. The molecular formula is CH2Cl3NO3S. The van der Waals surface area contributed by atoms with Crippen LogP contribution in [0.5, 0.6) is 0 Å². The van der Waals surface area contributed by atoms with Crippen molar-refractivity contribution in [2.75, 3.05) is 0 Å². The quantitative estimate of drug-likeness (QED) is 0.648. The molecule has 0 aromatic rings. The van der Waals surface area contributed by atoms with Gasteiger partial charge in [0.1, 0.15) is 0 Å². The Morgan fingerprint density at radius 2 is 1.67 bits per heavy atom. The van der Waals surface area contributed by atoms with E-state index in [2.05, 4.69) is 9.32 Å². The summed E-state index contributed by atoms with van der Waals surface area (Å²) in [5, 5.41) is 4.32. The summed E-state index contributed by atoms with van der Waals surface area (Å²) >= 11 is 14.6. The monoisotopic (exact) mass is 213 g/mol. The number of nitrogens with two attached hydrogens (primary N) is 1. The van der Waals surface area contributed by atoms with E-state index in [0.717, 1.165) is 0 Å². The highest BCUT2D eigenvalue weighted by Gasteiger charge is 2.26. The third kappa shape index (κ3) is 8.74. The fourth-order valence-electron chi connectivity index (χ4n) is 0.132. The van der Waals surface area contributed by atoms with Gasteiger partial charge in [-0.3, -0.25) is 0 Å². The minimum absolute atomic E-state index is 2.31. The van der Waals surface area contributed by atoms with E-state index in [9.17, 15) is 8.42 Å². The second-order valence-electron chi connectivity index (χ2n) is 1.02. The highest BCUT2D eigenvalue weighted by atomic mass is 35.6. The molecule has 0 saturated heterocycles. The number of hydrogen-bond donors (Lipinski definition) is 1. The van der Waals surface area contributed by atoms with Crippen LogP contribution in [0.3, 0.4) is 0 Å². The fraction of sp³-hybridized carbons (Fsp3) is 1.00. The lowest BCUT2D eigenvalue weighted by atomic mass is 11.7. The molecule has 56 valence electrons. The van der Waals surface area contributed by atoms with Crippen molar-refractivity contribution in [1.29, 1.82) is 0 Å². The maximum atomic E-state index is 9.95. The van der Waals surface area contributed by atoms with E-state index in [1.165, 1.54) is 0 Å². The molecule has 0 rings (SSSR count).